The Hall–Kier alpha value is -2.76. The number of pyridine rings is 1. The predicted molar refractivity (Wildman–Crippen MR) is 82.0 cm³/mol. The number of hydrogen-bond acceptors (Lipinski definition) is 4. The lowest BCUT2D eigenvalue weighted by Crippen LogP contribution is -2.35. The molecular formula is C16H15N3O3. The van der Waals surface area contributed by atoms with E-state index in [1.807, 2.05) is 13.8 Å². The van der Waals surface area contributed by atoms with Gasteiger partial charge in [0.25, 0.3) is 11.6 Å². The molecule has 1 amide bonds. The molecule has 1 aliphatic rings. The molecule has 3 rings (SSSR count). The van der Waals surface area contributed by atoms with Crippen molar-refractivity contribution in [2.75, 3.05) is 4.90 Å². The quantitative estimate of drug-likeness (QED) is 0.631. The van der Waals surface area contributed by atoms with E-state index in [2.05, 4.69) is 4.98 Å². The maximum Gasteiger partial charge on any atom is 0.269 e. The van der Waals surface area contributed by atoms with Crippen LogP contribution in [-0.4, -0.2) is 21.9 Å². The molecule has 0 saturated heterocycles. The van der Waals surface area contributed by atoms with E-state index in [0.717, 1.165) is 16.9 Å². The van der Waals surface area contributed by atoms with Crippen molar-refractivity contribution in [2.24, 2.45) is 0 Å². The van der Waals surface area contributed by atoms with Crippen LogP contribution in [0.25, 0.3) is 0 Å². The molecule has 0 unspecified atom stereocenters. The molecule has 2 heterocycles. The van der Waals surface area contributed by atoms with Gasteiger partial charge in [-0.25, -0.2) is 0 Å². The number of aryl methyl sites for hydroxylation is 1. The third-order valence-corrected chi connectivity index (χ3v) is 3.87. The lowest BCUT2D eigenvalue weighted by atomic mass is 10.1. The first-order valence-corrected chi connectivity index (χ1v) is 7.01. The van der Waals surface area contributed by atoms with Crippen molar-refractivity contribution in [1.29, 1.82) is 0 Å². The fourth-order valence-corrected chi connectivity index (χ4v) is 2.77. The van der Waals surface area contributed by atoms with Crippen LogP contribution in [0.1, 0.15) is 28.5 Å². The van der Waals surface area contributed by atoms with Gasteiger partial charge in [0.05, 0.1) is 10.5 Å². The van der Waals surface area contributed by atoms with Crippen LogP contribution in [0.2, 0.25) is 0 Å². The van der Waals surface area contributed by atoms with Gasteiger partial charge in [0.2, 0.25) is 0 Å². The van der Waals surface area contributed by atoms with Crippen molar-refractivity contribution >= 4 is 17.3 Å². The SMILES string of the molecule is Cc1ccc(C(=O)N2c3ccc([N+](=O)[O-])cc3C[C@@H]2C)cn1. The molecule has 1 aromatic carbocycles. The summed E-state index contributed by atoms with van der Waals surface area (Å²) in [5, 5.41) is 10.9. The number of non-ortho nitro benzene ring substituents is 1. The third kappa shape index (κ3) is 2.32. The Balaban J connectivity index is 1.98. The van der Waals surface area contributed by atoms with Crippen LogP contribution in [-0.2, 0) is 6.42 Å². The van der Waals surface area contributed by atoms with Gasteiger partial charge in [0.1, 0.15) is 0 Å². The summed E-state index contributed by atoms with van der Waals surface area (Å²) >= 11 is 0. The van der Waals surface area contributed by atoms with Crippen LogP contribution in [0.3, 0.4) is 0 Å². The van der Waals surface area contributed by atoms with E-state index < -0.39 is 4.92 Å². The highest BCUT2D eigenvalue weighted by atomic mass is 16.6. The number of aromatic nitrogens is 1. The summed E-state index contributed by atoms with van der Waals surface area (Å²) in [6, 6.07) is 8.14. The fraction of sp³-hybridized carbons (Fsp3) is 0.250. The summed E-state index contributed by atoms with van der Waals surface area (Å²) in [5.74, 6) is -0.132. The topological polar surface area (TPSA) is 76.3 Å². The van der Waals surface area contributed by atoms with E-state index in [4.69, 9.17) is 0 Å². The second-order valence-electron chi connectivity index (χ2n) is 5.49. The summed E-state index contributed by atoms with van der Waals surface area (Å²) in [4.78, 5) is 29.0. The molecule has 0 spiro atoms. The second-order valence-corrected chi connectivity index (χ2v) is 5.49. The highest BCUT2D eigenvalue weighted by molar-refractivity contribution is 6.07. The third-order valence-electron chi connectivity index (χ3n) is 3.87. The van der Waals surface area contributed by atoms with Gasteiger partial charge in [-0.2, -0.15) is 0 Å². The summed E-state index contributed by atoms with van der Waals surface area (Å²) in [7, 11) is 0. The van der Waals surface area contributed by atoms with Crippen molar-refractivity contribution in [3.63, 3.8) is 0 Å². The zero-order chi connectivity index (χ0) is 15.9. The molecule has 1 aromatic heterocycles. The van der Waals surface area contributed by atoms with E-state index in [1.165, 1.54) is 6.07 Å². The summed E-state index contributed by atoms with van der Waals surface area (Å²) in [6.45, 7) is 3.80. The zero-order valence-electron chi connectivity index (χ0n) is 12.3. The summed E-state index contributed by atoms with van der Waals surface area (Å²) < 4.78 is 0. The van der Waals surface area contributed by atoms with Crippen molar-refractivity contribution in [3.8, 4) is 0 Å². The fourth-order valence-electron chi connectivity index (χ4n) is 2.77. The summed E-state index contributed by atoms with van der Waals surface area (Å²) in [5.41, 5.74) is 2.99. The van der Waals surface area contributed by atoms with Gasteiger partial charge in [-0.1, -0.05) is 0 Å². The maximum atomic E-state index is 12.7. The molecule has 0 fully saturated rings. The number of anilines is 1. The number of amides is 1. The van der Waals surface area contributed by atoms with Crippen molar-refractivity contribution in [3.05, 3.63) is 63.5 Å². The van der Waals surface area contributed by atoms with Crippen LogP contribution in [0.5, 0.6) is 0 Å². The number of hydrogen-bond donors (Lipinski definition) is 0. The number of carbonyl (C=O) groups excluding carboxylic acids is 1. The second kappa shape index (κ2) is 5.22. The Kier molecular flexibility index (Phi) is 3.36. The molecule has 0 saturated carbocycles. The lowest BCUT2D eigenvalue weighted by molar-refractivity contribution is -0.384. The van der Waals surface area contributed by atoms with Crippen molar-refractivity contribution in [2.45, 2.75) is 26.3 Å². The van der Waals surface area contributed by atoms with Crippen molar-refractivity contribution < 1.29 is 9.72 Å². The standard InChI is InChI=1S/C16H15N3O3/c1-10-3-4-12(9-17-10)16(20)18-11(2)7-13-8-14(19(21)22)5-6-15(13)18/h3-6,8-9,11H,7H2,1-2H3/t11-/m0/s1. The number of nitro groups is 1. The molecule has 0 radical (unpaired) electrons. The largest absolute Gasteiger partial charge is 0.305 e. The molecule has 6 nitrogen and oxygen atoms in total. The Labute approximate surface area is 127 Å². The van der Waals surface area contributed by atoms with Gasteiger partial charge in [0.15, 0.2) is 0 Å². The number of rotatable bonds is 2. The molecule has 112 valence electrons. The molecule has 6 heteroatoms. The van der Waals surface area contributed by atoms with Crippen LogP contribution in [0, 0.1) is 17.0 Å². The minimum Gasteiger partial charge on any atom is -0.305 e. The average molecular weight is 297 g/mol. The number of fused-ring (bicyclic) bond motifs is 1. The minimum absolute atomic E-state index is 0.0363. The highest BCUT2D eigenvalue weighted by Gasteiger charge is 2.32. The molecular weight excluding hydrogens is 282 g/mol. The van der Waals surface area contributed by atoms with Gasteiger partial charge in [0, 0.05) is 35.8 Å². The molecule has 22 heavy (non-hydrogen) atoms. The molecule has 0 bridgehead atoms. The first-order chi connectivity index (χ1) is 10.5. The zero-order valence-corrected chi connectivity index (χ0v) is 12.3. The Morgan fingerprint density at radius 3 is 2.77 bits per heavy atom. The first-order valence-electron chi connectivity index (χ1n) is 7.01. The number of carbonyl (C=O) groups is 1. The number of benzene rings is 1. The monoisotopic (exact) mass is 297 g/mol. The number of nitro benzene ring substituents is 1. The van der Waals surface area contributed by atoms with E-state index in [-0.39, 0.29) is 17.6 Å². The minimum atomic E-state index is -0.417. The van der Waals surface area contributed by atoms with E-state index >= 15 is 0 Å². The van der Waals surface area contributed by atoms with Gasteiger partial charge < -0.3 is 4.90 Å². The normalized spacial score (nSPS) is 16.5. The van der Waals surface area contributed by atoms with Gasteiger partial charge in [-0.3, -0.25) is 19.9 Å². The molecule has 1 atom stereocenters. The first kappa shape index (κ1) is 14.2. The van der Waals surface area contributed by atoms with Crippen molar-refractivity contribution in [1.82, 2.24) is 4.98 Å². The van der Waals surface area contributed by atoms with Crippen LogP contribution in [0.4, 0.5) is 11.4 Å². The van der Waals surface area contributed by atoms with Crippen LogP contribution >= 0.6 is 0 Å². The van der Waals surface area contributed by atoms with Crippen LogP contribution in [0.15, 0.2) is 36.5 Å². The average Bonchev–Trinajstić information content (AvgIpc) is 2.82. The van der Waals surface area contributed by atoms with Gasteiger partial charge >= 0.3 is 0 Å². The van der Waals surface area contributed by atoms with E-state index in [0.29, 0.717) is 12.0 Å². The molecule has 2 aromatic rings. The highest BCUT2D eigenvalue weighted by Crippen LogP contribution is 2.35. The summed E-state index contributed by atoms with van der Waals surface area (Å²) in [6.07, 6.45) is 2.18. The van der Waals surface area contributed by atoms with E-state index in [1.54, 1.807) is 35.4 Å². The van der Waals surface area contributed by atoms with Gasteiger partial charge in [-0.15, -0.1) is 0 Å². The Morgan fingerprint density at radius 2 is 2.14 bits per heavy atom. The lowest BCUT2D eigenvalue weighted by Gasteiger charge is -2.22. The number of nitrogens with zero attached hydrogens (tertiary/aromatic N) is 3. The Bertz CT molecular complexity index is 756. The Morgan fingerprint density at radius 1 is 1.36 bits per heavy atom. The van der Waals surface area contributed by atoms with Gasteiger partial charge in [-0.05, 0) is 44.0 Å². The molecule has 0 N–H and O–H groups in total. The molecule has 1 aliphatic heterocycles. The maximum absolute atomic E-state index is 12.7. The van der Waals surface area contributed by atoms with E-state index in [9.17, 15) is 14.9 Å². The molecule has 0 aliphatic carbocycles. The van der Waals surface area contributed by atoms with Crippen LogP contribution < -0.4 is 4.90 Å². The predicted octanol–water partition coefficient (Wildman–Crippen LogP) is 2.89. The smallest absolute Gasteiger partial charge is 0.269 e.